The molecule has 0 heterocycles. The third kappa shape index (κ3) is 3.40. The Morgan fingerprint density at radius 2 is 1.30 bits per heavy atom. The van der Waals surface area contributed by atoms with Gasteiger partial charge in [-0.15, -0.1) is 0 Å². The Hall–Kier alpha value is -5.46. The minimum Gasteiger partial charge on any atom is -0.0759 e. The van der Waals surface area contributed by atoms with Crippen LogP contribution in [0.2, 0.25) is 0 Å². The molecule has 0 saturated heterocycles. The maximum absolute atomic E-state index is 10.0. The zero-order valence-electron chi connectivity index (χ0n) is 48.2. The van der Waals surface area contributed by atoms with Gasteiger partial charge in [-0.3, -0.25) is 0 Å². The van der Waals surface area contributed by atoms with Crippen LogP contribution in [-0.4, -0.2) is 0 Å². The molecule has 0 radical (unpaired) electrons. The van der Waals surface area contributed by atoms with E-state index in [0.29, 0.717) is 0 Å². The Morgan fingerprint density at radius 3 is 2.16 bits per heavy atom. The Kier molecular flexibility index (Phi) is 2.06. The Morgan fingerprint density at radius 1 is 0.568 bits per heavy atom. The Bertz CT molecular complexity index is 3840. The quantitative estimate of drug-likeness (QED) is 0.182. The summed E-state index contributed by atoms with van der Waals surface area (Å²) in [5.74, 6) is -1.53. The molecule has 0 spiro atoms. The van der Waals surface area contributed by atoms with E-state index in [4.69, 9.17) is 20.6 Å². The average molecular weight is 583 g/mol. The summed E-state index contributed by atoms with van der Waals surface area (Å²) in [6, 6.07) is -21.1. The molecule has 3 aliphatic rings. The topological polar surface area (TPSA) is 0 Å². The highest BCUT2D eigenvalue weighted by molar-refractivity contribution is 6.25. The molecule has 7 aromatic carbocycles. The lowest BCUT2D eigenvalue weighted by Gasteiger charge is -2.34. The molecule has 0 bridgehead atoms. The normalized spacial score (nSPS) is 27.7. The van der Waals surface area contributed by atoms with Gasteiger partial charge >= 0.3 is 0 Å². The molecule has 0 N–H and O–H groups in total. The minimum absolute atomic E-state index is 0.246. The van der Waals surface area contributed by atoms with E-state index in [1.165, 1.54) is 0 Å². The van der Waals surface area contributed by atoms with Gasteiger partial charge in [0.2, 0.25) is 0 Å². The molecule has 2 unspecified atom stereocenters. The van der Waals surface area contributed by atoms with E-state index in [2.05, 4.69) is 0 Å². The zero-order chi connectivity index (χ0) is 51.4. The van der Waals surface area contributed by atoms with Gasteiger partial charge in [-0.25, -0.2) is 0 Å². The van der Waals surface area contributed by atoms with Gasteiger partial charge in [0, 0.05) is 7.29 Å². The standard InChI is InChI=1S/C44H28/c1-2-6-27(7-3-1)34-24-35(37-20-16-32-14-12-28-8-4-10-30-18-22-39(37)43(32)41(28)30)26-36(25-34)38-21-17-33-15-13-29-9-5-11-31-19-23-40(38)44(33)42(29)31/h1-14,16-26,42H,15H2/i1D,2D,3D,4D,5D,6D,7D,8D,9D,10D,11D,12D,13D,14D,15D,16D,17D,18D,19D,20D,21D,22D,23D,24D,25D,26D. The summed E-state index contributed by atoms with van der Waals surface area (Å²) in [7, 11) is 0. The number of hydrogen-bond donors (Lipinski definition) is 0. The highest BCUT2D eigenvalue weighted by atomic mass is 14.3. The average Bonchev–Trinajstić information content (AvgIpc) is 3.31. The first-order chi connectivity index (χ1) is 32.7. The highest BCUT2D eigenvalue weighted by Crippen LogP contribution is 2.49. The van der Waals surface area contributed by atoms with E-state index >= 15 is 0 Å². The van der Waals surface area contributed by atoms with Crippen molar-refractivity contribution in [3.05, 3.63) is 173 Å². The van der Waals surface area contributed by atoms with Crippen molar-refractivity contribution in [3.63, 3.8) is 0 Å². The molecular formula is C44H28. The highest BCUT2D eigenvalue weighted by Gasteiger charge is 2.31. The first-order valence-corrected chi connectivity index (χ1v) is 13.4. The lowest BCUT2D eigenvalue weighted by Crippen LogP contribution is -2.17. The van der Waals surface area contributed by atoms with Crippen LogP contribution < -0.4 is 0 Å². The van der Waals surface area contributed by atoms with Crippen molar-refractivity contribution in [1.82, 2.24) is 0 Å². The van der Waals surface area contributed by atoms with Gasteiger partial charge in [0.05, 0.1) is 34.3 Å². The van der Waals surface area contributed by atoms with Crippen LogP contribution >= 0.6 is 0 Å². The number of benzene rings is 7. The van der Waals surface area contributed by atoms with Crippen LogP contribution in [-0.2, 0) is 6.40 Å². The first-order valence-electron chi connectivity index (χ1n) is 26.5. The lowest BCUT2D eigenvalue weighted by atomic mass is 9.70. The van der Waals surface area contributed by atoms with Gasteiger partial charge < -0.3 is 0 Å². The summed E-state index contributed by atoms with van der Waals surface area (Å²) >= 11 is 0. The number of hydrogen-bond acceptors (Lipinski definition) is 0. The molecule has 0 aliphatic heterocycles. The van der Waals surface area contributed by atoms with Gasteiger partial charge in [0.1, 0.15) is 0 Å². The van der Waals surface area contributed by atoms with Gasteiger partial charge in [-0.05, 0) is 118 Å². The number of allylic oxidation sites excluding steroid dienone is 7. The molecule has 7 aromatic rings. The predicted molar refractivity (Wildman–Crippen MR) is 187 cm³/mol. The van der Waals surface area contributed by atoms with Crippen LogP contribution in [0.3, 0.4) is 0 Å². The van der Waals surface area contributed by atoms with Gasteiger partial charge in [0.25, 0.3) is 0 Å². The molecule has 0 aromatic heterocycles. The summed E-state index contributed by atoms with van der Waals surface area (Å²) in [5, 5.41) is -2.58. The van der Waals surface area contributed by atoms with Gasteiger partial charge in [-0.1, -0.05) is 133 Å². The smallest absolute Gasteiger partial charge is 0.0636 e. The van der Waals surface area contributed by atoms with Crippen molar-refractivity contribution in [2.24, 2.45) is 0 Å². The lowest BCUT2D eigenvalue weighted by molar-refractivity contribution is 0.893. The van der Waals surface area contributed by atoms with Crippen molar-refractivity contribution in [3.8, 4) is 33.4 Å². The predicted octanol–water partition coefficient (Wildman–Crippen LogP) is 11.7. The molecule has 204 valence electrons. The van der Waals surface area contributed by atoms with Crippen LogP contribution in [0.4, 0.5) is 0 Å². The first kappa shape index (κ1) is 10.0. The van der Waals surface area contributed by atoms with Crippen molar-refractivity contribution in [2.75, 3.05) is 0 Å². The summed E-state index contributed by atoms with van der Waals surface area (Å²) in [6.45, 7) is 0. The fraction of sp³-hybridized carbons (Fsp3) is 0.0455. The van der Waals surface area contributed by atoms with E-state index in [0.717, 1.165) is 0 Å². The molecule has 44 heavy (non-hydrogen) atoms. The SMILES string of the molecule is [2H]C1=C([2H])C2=C([2H])C([2H])c3c([2H])c([2H])c(-c4c([2H])c(-c5c([2H])c([2H])c([2H])c([2H])c5[2H])c([2H])c(-c5c([2H])c([2H])c6c([2H])c([2H])c7c([2H])c([2H])c([2H])c8c([2H])c([2H])c5c6c78)c4[2H])c4c3C2C(=C1[2H])C([2H])=C4[2H]. The van der Waals surface area contributed by atoms with Crippen LogP contribution in [0.15, 0.2) is 156 Å². The zero-order valence-corrected chi connectivity index (χ0v) is 22.2. The molecule has 10 rings (SSSR count). The van der Waals surface area contributed by atoms with Gasteiger partial charge in [-0.2, -0.15) is 0 Å². The van der Waals surface area contributed by atoms with Gasteiger partial charge in [0.15, 0.2) is 0 Å². The molecule has 2 atom stereocenters. The van der Waals surface area contributed by atoms with Crippen LogP contribution in [0.25, 0.3) is 71.8 Å². The molecule has 0 nitrogen and oxygen atoms in total. The molecular weight excluding hydrogens is 528 g/mol. The monoisotopic (exact) mass is 582 g/mol. The maximum atomic E-state index is 10.0. The van der Waals surface area contributed by atoms with E-state index in [1.807, 2.05) is 0 Å². The summed E-state index contributed by atoms with van der Waals surface area (Å²) < 4.78 is 236. The van der Waals surface area contributed by atoms with Crippen LogP contribution in [0.5, 0.6) is 0 Å². The summed E-state index contributed by atoms with van der Waals surface area (Å²) in [5.41, 5.74) is -6.62. The molecule has 0 fully saturated rings. The number of rotatable bonds is 3. The second-order valence-electron chi connectivity index (χ2n) is 10.3. The van der Waals surface area contributed by atoms with Crippen LogP contribution in [0.1, 0.15) is 58.2 Å². The molecule has 0 amide bonds. The van der Waals surface area contributed by atoms with E-state index in [9.17, 15) is 15.1 Å². The van der Waals surface area contributed by atoms with Crippen molar-refractivity contribution in [2.45, 2.75) is 12.3 Å². The van der Waals surface area contributed by atoms with E-state index in [-0.39, 0.29) is 33.0 Å². The Labute approximate surface area is 293 Å². The third-order valence-corrected chi connectivity index (χ3v) is 7.90. The van der Waals surface area contributed by atoms with Crippen molar-refractivity contribution >= 4 is 38.4 Å². The second kappa shape index (κ2) is 9.02. The fourth-order valence-electron chi connectivity index (χ4n) is 5.97. The Balaban J connectivity index is 1.49. The largest absolute Gasteiger partial charge is 0.0759 e. The summed E-state index contributed by atoms with van der Waals surface area (Å²) in [4.78, 5) is 0. The molecule has 0 saturated carbocycles. The van der Waals surface area contributed by atoms with Crippen molar-refractivity contribution in [1.29, 1.82) is 0 Å². The third-order valence-electron chi connectivity index (χ3n) is 7.90. The summed E-state index contributed by atoms with van der Waals surface area (Å²) in [6.07, 6.45) is -1.84. The van der Waals surface area contributed by atoms with E-state index in [1.54, 1.807) is 0 Å². The second-order valence-corrected chi connectivity index (χ2v) is 10.3. The maximum Gasteiger partial charge on any atom is 0.0636 e. The van der Waals surface area contributed by atoms with Crippen molar-refractivity contribution < 1.29 is 35.6 Å². The molecule has 3 aliphatic carbocycles. The van der Waals surface area contributed by atoms with E-state index < -0.39 is 224 Å². The minimum atomic E-state index is -1.84. The fourth-order valence-corrected chi connectivity index (χ4v) is 5.97. The molecule has 0 heteroatoms. The van der Waals surface area contributed by atoms with Crippen LogP contribution in [0, 0.1) is 0 Å².